The van der Waals surface area contributed by atoms with E-state index in [-0.39, 0.29) is 0 Å². The molecule has 0 amide bonds. The molecule has 1 saturated carbocycles. The van der Waals surface area contributed by atoms with Gasteiger partial charge in [0.2, 0.25) is 0 Å². The second-order valence-corrected chi connectivity index (χ2v) is 5.50. The first kappa shape index (κ1) is 12.0. The average molecular weight is 198 g/mol. The molecule has 0 heterocycles. The molecule has 84 valence electrons. The zero-order valence-corrected chi connectivity index (χ0v) is 10.4. The summed E-state index contributed by atoms with van der Waals surface area (Å²) in [6.07, 6.45) is 4.14. The number of hydrogen-bond acceptors (Lipinski definition) is 2. The van der Waals surface area contributed by atoms with E-state index >= 15 is 0 Å². The SMILES string of the molecule is CNCC1(C(CC(C)C)N(C)C)CC1. The molecule has 0 radical (unpaired) electrons. The van der Waals surface area contributed by atoms with Crippen LogP contribution in [-0.2, 0) is 0 Å². The van der Waals surface area contributed by atoms with E-state index in [9.17, 15) is 0 Å². The molecule has 0 spiro atoms. The van der Waals surface area contributed by atoms with Crippen molar-refractivity contribution < 1.29 is 0 Å². The quantitative estimate of drug-likeness (QED) is 0.702. The Kier molecular flexibility index (Phi) is 3.96. The van der Waals surface area contributed by atoms with Crippen LogP contribution in [0.1, 0.15) is 33.1 Å². The minimum Gasteiger partial charge on any atom is -0.319 e. The summed E-state index contributed by atoms with van der Waals surface area (Å²) in [5, 5.41) is 3.35. The minimum absolute atomic E-state index is 0.586. The Balaban J connectivity index is 2.58. The van der Waals surface area contributed by atoms with Crippen molar-refractivity contribution >= 4 is 0 Å². The topological polar surface area (TPSA) is 15.3 Å². The van der Waals surface area contributed by atoms with E-state index in [2.05, 4.69) is 45.2 Å². The predicted octanol–water partition coefficient (Wildman–Crippen LogP) is 1.96. The molecule has 0 aliphatic heterocycles. The maximum atomic E-state index is 3.35. The Morgan fingerprint density at radius 2 is 1.86 bits per heavy atom. The highest BCUT2D eigenvalue weighted by molar-refractivity contribution is 5.03. The van der Waals surface area contributed by atoms with Crippen molar-refractivity contribution in [3.05, 3.63) is 0 Å². The third-order valence-electron chi connectivity index (χ3n) is 3.45. The maximum Gasteiger partial charge on any atom is 0.0160 e. The molecule has 0 aromatic heterocycles. The van der Waals surface area contributed by atoms with Gasteiger partial charge in [0.25, 0.3) is 0 Å². The van der Waals surface area contributed by atoms with Gasteiger partial charge in [-0.1, -0.05) is 13.8 Å². The van der Waals surface area contributed by atoms with E-state index in [0.29, 0.717) is 5.41 Å². The lowest BCUT2D eigenvalue weighted by atomic mass is 9.88. The van der Waals surface area contributed by atoms with Crippen molar-refractivity contribution in [2.24, 2.45) is 11.3 Å². The van der Waals surface area contributed by atoms with E-state index in [4.69, 9.17) is 0 Å². The zero-order chi connectivity index (χ0) is 10.8. The normalized spacial score (nSPS) is 21.6. The Morgan fingerprint density at radius 1 is 1.29 bits per heavy atom. The molecule has 0 aromatic carbocycles. The molecule has 1 rings (SSSR count). The van der Waals surface area contributed by atoms with Crippen molar-refractivity contribution in [1.82, 2.24) is 10.2 Å². The van der Waals surface area contributed by atoms with Crippen LogP contribution in [-0.4, -0.2) is 38.6 Å². The van der Waals surface area contributed by atoms with E-state index in [0.717, 1.165) is 12.0 Å². The van der Waals surface area contributed by atoms with E-state index in [1.54, 1.807) is 0 Å². The van der Waals surface area contributed by atoms with Gasteiger partial charge in [-0.2, -0.15) is 0 Å². The fourth-order valence-electron chi connectivity index (χ4n) is 2.60. The van der Waals surface area contributed by atoms with Crippen LogP contribution in [0.3, 0.4) is 0 Å². The summed E-state index contributed by atoms with van der Waals surface area (Å²) < 4.78 is 0. The van der Waals surface area contributed by atoms with Crippen molar-refractivity contribution in [2.45, 2.75) is 39.2 Å². The zero-order valence-electron chi connectivity index (χ0n) is 10.4. The summed E-state index contributed by atoms with van der Waals surface area (Å²) in [5.74, 6) is 0.803. The van der Waals surface area contributed by atoms with Crippen molar-refractivity contribution in [3.63, 3.8) is 0 Å². The summed E-state index contributed by atoms with van der Waals surface area (Å²) in [6, 6.07) is 0.759. The first-order valence-corrected chi connectivity index (χ1v) is 5.83. The van der Waals surface area contributed by atoms with E-state index in [1.807, 2.05) is 0 Å². The molecule has 1 atom stereocenters. The van der Waals surface area contributed by atoms with Gasteiger partial charge in [0.1, 0.15) is 0 Å². The molecule has 1 aliphatic rings. The molecule has 1 aliphatic carbocycles. The van der Waals surface area contributed by atoms with E-state index in [1.165, 1.54) is 25.8 Å². The molecule has 0 bridgehead atoms. The monoisotopic (exact) mass is 198 g/mol. The Labute approximate surface area is 89.1 Å². The number of hydrogen-bond donors (Lipinski definition) is 1. The largest absolute Gasteiger partial charge is 0.319 e. The summed E-state index contributed by atoms with van der Waals surface area (Å²) >= 11 is 0. The lowest BCUT2D eigenvalue weighted by Crippen LogP contribution is -2.42. The average Bonchev–Trinajstić information content (AvgIpc) is 2.81. The Bertz CT molecular complexity index is 171. The highest BCUT2D eigenvalue weighted by Gasteiger charge is 2.49. The molecule has 2 nitrogen and oxygen atoms in total. The van der Waals surface area contributed by atoms with Crippen LogP contribution in [0.4, 0.5) is 0 Å². The molecule has 0 saturated heterocycles. The molecule has 2 heteroatoms. The summed E-state index contributed by atoms with van der Waals surface area (Å²) in [6.45, 7) is 5.83. The lowest BCUT2D eigenvalue weighted by Gasteiger charge is -2.34. The van der Waals surface area contributed by atoms with Crippen LogP contribution in [0.2, 0.25) is 0 Å². The molecule has 1 unspecified atom stereocenters. The van der Waals surface area contributed by atoms with Crippen molar-refractivity contribution in [3.8, 4) is 0 Å². The Hall–Kier alpha value is -0.0800. The smallest absolute Gasteiger partial charge is 0.0160 e. The van der Waals surface area contributed by atoms with Crippen LogP contribution in [0.5, 0.6) is 0 Å². The van der Waals surface area contributed by atoms with Gasteiger partial charge in [-0.3, -0.25) is 0 Å². The maximum absolute atomic E-state index is 3.35. The van der Waals surface area contributed by atoms with Crippen molar-refractivity contribution in [1.29, 1.82) is 0 Å². The van der Waals surface area contributed by atoms with Gasteiger partial charge in [-0.05, 0) is 51.7 Å². The number of nitrogens with zero attached hydrogens (tertiary/aromatic N) is 1. The van der Waals surface area contributed by atoms with Gasteiger partial charge in [-0.25, -0.2) is 0 Å². The van der Waals surface area contributed by atoms with Crippen LogP contribution >= 0.6 is 0 Å². The highest BCUT2D eigenvalue weighted by Crippen LogP contribution is 2.51. The summed E-state index contributed by atoms with van der Waals surface area (Å²) in [5.41, 5.74) is 0.586. The summed E-state index contributed by atoms with van der Waals surface area (Å²) in [7, 11) is 6.52. The Morgan fingerprint density at radius 3 is 2.14 bits per heavy atom. The molecular weight excluding hydrogens is 172 g/mol. The highest BCUT2D eigenvalue weighted by atomic mass is 15.1. The van der Waals surface area contributed by atoms with Gasteiger partial charge >= 0.3 is 0 Å². The number of rotatable bonds is 6. The molecule has 1 N–H and O–H groups in total. The third-order valence-corrected chi connectivity index (χ3v) is 3.45. The summed E-state index contributed by atoms with van der Waals surface area (Å²) in [4.78, 5) is 2.42. The van der Waals surface area contributed by atoms with Gasteiger partial charge in [0.15, 0.2) is 0 Å². The second kappa shape index (κ2) is 4.63. The van der Waals surface area contributed by atoms with Gasteiger partial charge < -0.3 is 10.2 Å². The van der Waals surface area contributed by atoms with Crippen LogP contribution in [0.25, 0.3) is 0 Å². The fraction of sp³-hybridized carbons (Fsp3) is 1.00. The van der Waals surface area contributed by atoms with Gasteiger partial charge in [0, 0.05) is 12.6 Å². The first-order chi connectivity index (χ1) is 6.52. The van der Waals surface area contributed by atoms with Crippen LogP contribution in [0, 0.1) is 11.3 Å². The molecule has 14 heavy (non-hydrogen) atoms. The van der Waals surface area contributed by atoms with Crippen molar-refractivity contribution in [2.75, 3.05) is 27.7 Å². The molecular formula is C12H26N2. The fourth-order valence-corrected chi connectivity index (χ4v) is 2.60. The third kappa shape index (κ3) is 2.71. The first-order valence-electron chi connectivity index (χ1n) is 5.83. The standard InChI is InChI=1S/C12H26N2/c1-10(2)8-11(14(4)5)12(6-7-12)9-13-3/h10-11,13H,6-9H2,1-5H3. The van der Waals surface area contributed by atoms with E-state index < -0.39 is 0 Å². The number of nitrogens with one attached hydrogen (secondary N) is 1. The molecule has 1 fully saturated rings. The predicted molar refractivity (Wildman–Crippen MR) is 62.5 cm³/mol. The van der Waals surface area contributed by atoms with Crippen LogP contribution < -0.4 is 5.32 Å². The lowest BCUT2D eigenvalue weighted by molar-refractivity contribution is 0.162. The molecule has 0 aromatic rings. The van der Waals surface area contributed by atoms with Crippen LogP contribution in [0.15, 0.2) is 0 Å². The van der Waals surface area contributed by atoms with Gasteiger partial charge in [-0.15, -0.1) is 0 Å². The second-order valence-electron chi connectivity index (χ2n) is 5.50. The minimum atomic E-state index is 0.586. The van der Waals surface area contributed by atoms with Gasteiger partial charge in [0.05, 0.1) is 0 Å².